The summed E-state index contributed by atoms with van der Waals surface area (Å²) >= 11 is 0. The molecule has 0 amide bonds. The molecule has 1 aliphatic carbocycles. The van der Waals surface area contributed by atoms with Gasteiger partial charge >= 0.3 is 0 Å². The van der Waals surface area contributed by atoms with E-state index in [0.29, 0.717) is 23.8 Å². The highest BCUT2D eigenvalue weighted by atomic mass is 32.2. The molecule has 4 rings (SSSR count). The molecule has 1 aromatic carbocycles. The summed E-state index contributed by atoms with van der Waals surface area (Å²) in [7, 11) is -3.44. The highest BCUT2D eigenvalue weighted by Crippen LogP contribution is 2.46. The molecule has 1 saturated carbocycles. The van der Waals surface area contributed by atoms with Gasteiger partial charge in [-0.05, 0) is 31.4 Å². The van der Waals surface area contributed by atoms with Gasteiger partial charge in [-0.1, -0.05) is 0 Å². The van der Waals surface area contributed by atoms with Gasteiger partial charge < -0.3 is 14.4 Å². The maximum absolute atomic E-state index is 11.9. The molecule has 1 atom stereocenters. The molecule has 25 heavy (non-hydrogen) atoms. The maximum Gasteiger partial charge on any atom is 0.230 e. The first-order valence-electron chi connectivity index (χ1n) is 8.71. The van der Waals surface area contributed by atoms with Gasteiger partial charge in [-0.2, -0.15) is 0 Å². The van der Waals surface area contributed by atoms with Crippen molar-refractivity contribution in [1.82, 2.24) is 4.90 Å². The van der Waals surface area contributed by atoms with Crippen molar-refractivity contribution in [2.45, 2.75) is 37.8 Å². The third kappa shape index (κ3) is 3.40. The van der Waals surface area contributed by atoms with Crippen LogP contribution in [0.4, 0.5) is 5.69 Å². The molecule has 0 saturated heterocycles. The number of fused-ring (bicyclic) bond motifs is 1. The van der Waals surface area contributed by atoms with Gasteiger partial charge in [0.25, 0.3) is 0 Å². The van der Waals surface area contributed by atoms with Gasteiger partial charge in [-0.25, -0.2) is 8.42 Å². The van der Waals surface area contributed by atoms with E-state index in [1.165, 1.54) is 0 Å². The molecule has 136 valence electrons. The second-order valence-electron chi connectivity index (χ2n) is 6.81. The van der Waals surface area contributed by atoms with E-state index in [-0.39, 0.29) is 12.1 Å². The van der Waals surface area contributed by atoms with E-state index >= 15 is 0 Å². The lowest BCUT2D eigenvalue weighted by Crippen LogP contribution is -2.31. The minimum atomic E-state index is -3.44. The summed E-state index contributed by atoms with van der Waals surface area (Å²) in [6.45, 7) is 2.20. The predicted octanol–water partition coefficient (Wildman–Crippen LogP) is 2.16. The zero-order valence-electron chi connectivity index (χ0n) is 14.3. The molecule has 3 aliphatic rings. The van der Waals surface area contributed by atoms with Crippen molar-refractivity contribution in [3.8, 4) is 11.5 Å². The van der Waals surface area contributed by atoms with Crippen LogP contribution >= 0.6 is 0 Å². The first kappa shape index (κ1) is 16.5. The third-order valence-corrected chi connectivity index (χ3v) is 5.47. The summed E-state index contributed by atoms with van der Waals surface area (Å²) in [4.78, 5) is 6.49. The number of hydrogen-bond donors (Lipinski definition) is 1. The van der Waals surface area contributed by atoms with Crippen LogP contribution in [0, 0.1) is 0 Å². The van der Waals surface area contributed by atoms with Crippen LogP contribution in [0.25, 0.3) is 0 Å². The minimum Gasteiger partial charge on any atom is -0.491 e. The Kier molecular flexibility index (Phi) is 4.23. The Labute approximate surface area is 148 Å². The van der Waals surface area contributed by atoms with E-state index in [0.717, 1.165) is 50.6 Å². The highest BCUT2D eigenvalue weighted by molar-refractivity contribution is 7.92. The maximum atomic E-state index is 11.9. The molecule has 0 aromatic heterocycles. The number of hydrogen-bond acceptors (Lipinski definition) is 6. The fraction of sp³-hybridized carbons (Fsp3) is 0.588. The van der Waals surface area contributed by atoms with Gasteiger partial charge in [-0.3, -0.25) is 9.71 Å². The topological polar surface area (TPSA) is 80.2 Å². The Bertz CT molecular complexity index is 789. The van der Waals surface area contributed by atoms with Crippen LogP contribution in [0.3, 0.4) is 0 Å². The Morgan fingerprint density at radius 3 is 2.80 bits per heavy atom. The van der Waals surface area contributed by atoms with Gasteiger partial charge in [0.15, 0.2) is 5.75 Å². The average molecular weight is 365 g/mol. The smallest absolute Gasteiger partial charge is 0.230 e. The molecule has 0 spiro atoms. The van der Waals surface area contributed by atoms with Crippen LogP contribution in [0.15, 0.2) is 17.1 Å². The molecular formula is C17H23N3O4S. The van der Waals surface area contributed by atoms with Crippen LogP contribution in [0.5, 0.6) is 11.5 Å². The van der Waals surface area contributed by atoms with Gasteiger partial charge in [0.2, 0.25) is 10.0 Å². The number of sulfonamides is 1. The van der Waals surface area contributed by atoms with Crippen LogP contribution in [0.1, 0.15) is 37.3 Å². The minimum absolute atomic E-state index is 0.146. The fourth-order valence-electron chi connectivity index (χ4n) is 3.45. The predicted molar refractivity (Wildman–Crippen MR) is 96.1 cm³/mol. The number of nitrogens with one attached hydrogen (secondary N) is 1. The lowest BCUT2D eigenvalue weighted by molar-refractivity contribution is 0.120. The summed E-state index contributed by atoms with van der Waals surface area (Å²) in [5.41, 5.74) is 1.40. The van der Waals surface area contributed by atoms with Crippen LogP contribution in [0.2, 0.25) is 0 Å². The Balaban J connectivity index is 1.73. The second kappa shape index (κ2) is 6.40. The van der Waals surface area contributed by atoms with Crippen molar-refractivity contribution in [2.75, 3.05) is 30.7 Å². The molecule has 8 heteroatoms. The van der Waals surface area contributed by atoms with Crippen molar-refractivity contribution in [3.63, 3.8) is 0 Å². The zero-order valence-corrected chi connectivity index (χ0v) is 15.1. The second-order valence-corrected chi connectivity index (χ2v) is 8.56. The molecule has 1 aromatic rings. The van der Waals surface area contributed by atoms with E-state index in [1.807, 2.05) is 18.5 Å². The van der Waals surface area contributed by atoms with Crippen molar-refractivity contribution < 1.29 is 17.9 Å². The molecule has 7 nitrogen and oxygen atoms in total. The normalized spacial score (nSPS) is 22.9. The number of aliphatic imine (C=N–C) groups is 1. The monoisotopic (exact) mass is 365 g/mol. The quantitative estimate of drug-likeness (QED) is 0.865. The van der Waals surface area contributed by atoms with E-state index < -0.39 is 10.0 Å². The average Bonchev–Trinajstić information content (AvgIpc) is 3.04. The number of ether oxygens (including phenoxy) is 2. The standard InChI is InChI=1S/C17H23N3O4S/c1-25(21,22)19-16-15(24-12-3-2-4-12)6-5-13-14(7-10-23-17(13)16)20-9-8-18-11-20/h5-6,11-12,14,19H,2-4,7-10H2,1H3. The van der Waals surface area contributed by atoms with Crippen molar-refractivity contribution in [2.24, 2.45) is 4.99 Å². The Morgan fingerprint density at radius 1 is 1.32 bits per heavy atom. The summed E-state index contributed by atoms with van der Waals surface area (Å²) in [5, 5.41) is 0. The molecule has 1 unspecified atom stereocenters. The van der Waals surface area contributed by atoms with Gasteiger partial charge in [0, 0.05) is 18.5 Å². The fourth-order valence-corrected chi connectivity index (χ4v) is 4.01. The highest BCUT2D eigenvalue weighted by Gasteiger charge is 2.32. The summed E-state index contributed by atoms with van der Waals surface area (Å²) in [6.07, 6.45) is 7.18. The lowest BCUT2D eigenvalue weighted by Gasteiger charge is -2.34. The lowest BCUT2D eigenvalue weighted by atomic mass is 9.95. The largest absolute Gasteiger partial charge is 0.491 e. The van der Waals surface area contributed by atoms with Gasteiger partial charge in [0.05, 0.1) is 37.9 Å². The van der Waals surface area contributed by atoms with Crippen LogP contribution in [-0.2, 0) is 10.0 Å². The molecule has 2 aliphatic heterocycles. The molecular weight excluding hydrogens is 342 g/mol. The van der Waals surface area contributed by atoms with E-state index in [4.69, 9.17) is 9.47 Å². The molecule has 2 heterocycles. The van der Waals surface area contributed by atoms with Crippen molar-refractivity contribution in [3.05, 3.63) is 17.7 Å². The summed E-state index contributed by atoms with van der Waals surface area (Å²) < 4.78 is 38.3. The number of benzene rings is 1. The molecule has 0 radical (unpaired) electrons. The Hall–Kier alpha value is -1.96. The van der Waals surface area contributed by atoms with E-state index in [9.17, 15) is 8.42 Å². The van der Waals surface area contributed by atoms with Crippen LogP contribution in [-0.4, -0.2) is 51.7 Å². The number of anilines is 1. The summed E-state index contributed by atoms with van der Waals surface area (Å²) in [6, 6.07) is 4.00. The molecule has 1 N–H and O–H groups in total. The van der Waals surface area contributed by atoms with E-state index in [2.05, 4.69) is 14.6 Å². The first-order chi connectivity index (χ1) is 12.0. The van der Waals surface area contributed by atoms with E-state index in [1.54, 1.807) is 0 Å². The molecule has 1 fully saturated rings. The number of rotatable bonds is 5. The molecule has 0 bridgehead atoms. The van der Waals surface area contributed by atoms with Crippen molar-refractivity contribution >= 4 is 22.0 Å². The van der Waals surface area contributed by atoms with Gasteiger partial charge in [-0.15, -0.1) is 0 Å². The zero-order chi connectivity index (χ0) is 17.4. The first-order valence-corrected chi connectivity index (χ1v) is 10.6. The SMILES string of the molecule is CS(=O)(=O)Nc1c(OC2CCC2)ccc2c1OCCC2N1C=NCC1. The third-order valence-electron chi connectivity index (χ3n) is 4.90. The van der Waals surface area contributed by atoms with Gasteiger partial charge in [0.1, 0.15) is 11.4 Å². The van der Waals surface area contributed by atoms with Crippen LogP contribution < -0.4 is 14.2 Å². The Morgan fingerprint density at radius 2 is 2.16 bits per heavy atom. The summed E-state index contributed by atoms with van der Waals surface area (Å²) in [5.74, 6) is 1.13. The number of nitrogens with zero attached hydrogens (tertiary/aromatic N) is 2. The van der Waals surface area contributed by atoms with Crippen molar-refractivity contribution in [1.29, 1.82) is 0 Å².